The van der Waals surface area contributed by atoms with Gasteiger partial charge in [-0.25, -0.2) is 13.1 Å². The highest BCUT2D eigenvalue weighted by Crippen LogP contribution is 2.27. The van der Waals surface area contributed by atoms with E-state index in [1.807, 2.05) is 31.2 Å². The van der Waals surface area contributed by atoms with Gasteiger partial charge in [-0.3, -0.25) is 0 Å². The third-order valence-corrected chi connectivity index (χ3v) is 5.71. The van der Waals surface area contributed by atoms with Crippen LogP contribution in [0.25, 0.3) is 0 Å². The summed E-state index contributed by atoms with van der Waals surface area (Å²) >= 11 is 0. The highest BCUT2D eigenvalue weighted by Gasteiger charge is 2.18. The van der Waals surface area contributed by atoms with Gasteiger partial charge in [0.15, 0.2) is 0 Å². The van der Waals surface area contributed by atoms with Crippen LogP contribution in [-0.2, 0) is 22.2 Å². The molecule has 2 aromatic carbocycles. The smallest absolute Gasteiger partial charge is 0.215 e. The average Bonchev–Trinajstić information content (AvgIpc) is 2.94. The van der Waals surface area contributed by atoms with Gasteiger partial charge in [0, 0.05) is 25.3 Å². The van der Waals surface area contributed by atoms with Gasteiger partial charge in [-0.1, -0.05) is 48.0 Å². The lowest BCUT2D eigenvalue weighted by atomic mass is 10.2. The van der Waals surface area contributed by atoms with E-state index >= 15 is 0 Å². The average molecular weight is 344 g/mol. The van der Waals surface area contributed by atoms with Crippen molar-refractivity contribution >= 4 is 15.7 Å². The molecule has 0 atom stereocenters. The number of rotatable bonds is 7. The molecule has 0 fully saturated rings. The van der Waals surface area contributed by atoms with E-state index in [-0.39, 0.29) is 5.75 Å². The molecule has 128 valence electrons. The van der Waals surface area contributed by atoms with E-state index in [0.29, 0.717) is 6.54 Å². The summed E-state index contributed by atoms with van der Waals surface area (Å²) in [5.41, 5.74) is 4.59. The third-order valence-electron chi connectivity index (χ3n) is 4.35. The lowest BCUT2D eigenvalue weighted by Crippen LogP contribution is -2.30. The Kier molecular flexibility index (Phi) is 5.21. The maximum Gasteiger partial charge on any atom is 0.215 e. The van der Waals surface area contributed by atoms with Crippen molar-refractivity contribution in [2.45, 2.75) is 25.5 Å². The fourth-order valence-corrected chi connectivity index (χ4v) is 4.38. The van der Waals surface area contributed by atoms with Crippen molar-refractivity contribution in [2.24, 2.45) is 0 Å². The van der Waals surface area contributed by atoms with Crippen LogP contribution < -0.4 is 9.62 Å². The molecule has 3 rings (SSSR count). The van der Waals surface area contributed by atoms with Gasteiger partial charge in [-0.15, -0.1) is 0 Å². The zero-order valence-corrected chi connectivity index (χ0v) is 14.8. The molecule has 0 amide bonds. The minimum Gasteiger partial charge on any atom is -0.371 e. The Morgan fingerprint density at radius 3 is 2.79 bits per heavy atom. The van der Waals surface area contributed by atoms with Gasteiger partial charge >= 0.3 is 0 Å². The number of nitrogens with zero attached hydrogens (tertiary/aromatic N) is 1. The number of benzene rings is 2. The zero-order valence-electron chi connectivity index (χ0n) is 14.0. The van der Waals surface area contributed by atoms with Crippen LogP contribution in [0, 0.1) is 6.92 Å². The highest BCUT2D eigenvalue weighted by atomic mass is 32.2. The molecule has 24 heavy (non-hydrogen) atoms. The molecular formula is C19H24N2O2S. The lowest BCUT2D eigenvalue weighted by Gasteiger charge is -2.19. The molecule has 0 aliphatic carbocycles. The monoisotopic (exact) mass is 344 g/mol. The summed E-state index contributed by atoms with van der Waals surface area (Å²) in [5, 5.41) is 0. The molecule has 4 nitrogen and oxygen atoms in total. The molecule has 5 heteroatoms. The summed E-state index contributed by atoms with van der Waals surface area (Å²) in [5.74, 6) is 0.0429. The molecule has 1 aliphatic rings. The van der Waals surface area contributed by atoms with E-state index in [2.05, 4.69) is 33.9 Å². The molecule has 1 heterocycles. The van der Waals surface area contributed by atoms with Crippen LogP contribution in [0.1, 0.15) is 23.1 Å². The van der Waals surface area contributed by atoms with E-state index in [0.717, 1.165) is 37.1 Å². The predicted octanol–water partition coefficient (Wildman–Crippen LogP) is 2.87. The Balaban J connectivity index is 1.46. The quantitative estimate of drug-likeness (QED) is 0.786. The van der Waals surface area contributed by atoms with Crippen LogP contribution in [0.15, 0.2) is 48.5 Å². The number of aryl methyl sites for hydroxylation is 1. The minimum atomic E-state index is -3.28. The maximum absolute atomic E-state index is 12.2. The highest BCUT2D eigenvalue weighted by molar-refractivity contribution is 7.88. The summed E-state index contributed by atoms with van der Waals surface area (Å²) in [6, 6.07) is 16.1. The standard InChI is InChI=1S/C19H24N2O2S/c1-16-6-4-7-17(14-16)15-24(22,23)20-11-5-12-21-13-10-18-8-2-3-9-19(18)21/h2-4,6-9,14,20H,5,10-13,15H2,1H3. The molecule has 0 aromatic heterocycles. The molecule has 0 saturated carbocycles. The molecule has 2 aromatic rings. The SMILES string of the molecule is Cc1cccc(CS(=O)(=O)NCCCN2CCc3ccccc32)c1. The van der Waals surface area contributed by atoms with Crippen molar-refractivity contribution in [3.63, 3.8) is 0 Å². The molecule has 0 radical (unpaired) electrons. The maximum atomic E-state index is 12.2. The number of anilines is 1. The van der Waals surface area contributed by atoms with Crippen LogP contribution in [0.5, 0.6) is 0 Å². The summed E-state index contributed by atoms with van der Waals surface area (Å²) in [4.78, 5) is 2.34. The third kappa shape index (κ3) is 4.36. The van der Waals surface area contributed by atoms with Gasteiger partial charge in [0.05, 0.1) is 5.75 Å². The number of hydrogen-bond acceptors (Lipinski definition) is 3. The number of sulfonamides is 1. The first-order chi connectivity index (χ1) is 11.5. The molecule has 0 bridgehead atoms. The first-order valence-electron chi connectivity index (χ1n) is 8.39. The molecule has 0 spiro atoms. The zero-order chi connectivity index (χ0) is 17.0. The molecule has 1 aliphatic heterocycles. The Hall–Kier alpha value is -1.85. The largest absolute Gasteiger partial charge is 0.371 e. The summed E-state index contributed by atoms with van der Waals surface area (Å²) < 4.78 is 27.1. The van der Waals surface area contributed by atoms with Crippen molar-refractivity contribution in [3.8, 4) is 0 Å². The second kappa shape index (κ2) is 7.36. The van der Waals surface area contributed by atoms with Gasteiger partial charge in [0.2, 0.25) is 10.0 Å². The number of nitrogens with one attached hydrogen (secondary N) is 1. The van der Waals surface area contributed by atoms with E-state index in [1.54, 1.807) is 0 Å². The van der Waals surface area contributed by atoms with Gasteiger partial charge in [0.1, 0.15) is 0 Å². The Morgan fingerprint density at radius 2 is 1.96 bits per heavy atom. The van der Waals surface area contributed by atoms with Crippen molar-refractivity contribution in [2.75, 3.05) is 24.5 Å². The Morgan fingerprint density at radius 1 is 1.12 bits per heavy atom. The van der Waals surface area contributed by atoms with Gasteiger partial charge in [0.25, 0.3) is 0 Å². The second-order valence-electron chi connectivity index (χ2n) is 6.36. The van der Waals surface area contributed by atoms with Crippen LogP contribution in [0.3, 0.4) is 0 Å². The van der Waals surface area contributed by atoms with Crippen LogP contribution in [0.2, 0.25) is 0 Å². The summed E-state index contributed by atoms with van der Waals surface area (Å²) in [6.45, 7) is 4.35. The number of fused-ring (bicyclic) bond motifs is 1. The van der Waals surface area contributed by atoms with Crippen LogP contribution in [-0.4, -0.2) is 28.1 Å². The first kappa shape index (κ1) is 17.0. The lowest BCUT2D eigenvalue weighted by molar-refractivity contribution is 0.577. The Labute approximate surface area is 144 Å². The number of hydrogen-bond donors (Lipinski definition) is 1. The normalized spacial score (nSPS) is 14.0. The molecule has 0 unspecified atom stereocenters. The fraction of sp³-hybridized carbons (Fsp3) is 0.368. The molecule has 1 N–H and O–H groups in total. The van der Waals surface area contributed by atoms with Gasteiger partial charge < -0.3 is 4.90 Å². The van der Waals surface area contributed by atoms with Crippen molar-refractivity contribution in [1.29, 1.82) is 0 Å². The molecular weight excluding hydrogens is 320 g/mol. The van der Waals surface area contributed by atoms with Crippen molar-refractivity contribution in [3.05, 3.63) is 65.2 Å². The van der Waals surface area contributed by atoms with Gasteiger partial charge in [-0.05, 0) is 37.0 Å². The van der Waals surface area contributed by atoms with E-state index in [4.69, 9.17) is 0 Å². The first-order valence-corrected chi connectivity index (χ1v) is 10.0. The van der Waals surface area contributed by atoms with Gasteiger partial charge in [-0.2, -0.15) is 0 Å². The second-order valence-corrected chi connectivity index (χ2v) is 8.17. The topological polar surface area (TPSA) is 49.4 Å². The summed E-state index contributed by atoms with van der Waals surface area (Å²) in [7, 11) is -3.28. The fourth-order valence-electron chi connectivity index (χ4n) is 3.21. The summed E-state index contributed by atoms with van der Waals surface area (Å²) in [6.07, 6.45) is 1.89. The molecule has 0 saturated heterocycles. The van der Waals surface area contributed by atoms with Crippen LogP contribution >= 0.6 is 0 Å². The predicted molar refractivity (Wildman–Crippen MR) is 98.8 cm³/mol. The van der Waals surface area contributed by atoms with E-state index in [9.17, 15) is 8.42 Å². The van der Waals surface area contributed by atoms with Crippen LogP contribution in [0.4, 0.5) is 5.69 Å². The Bertz CT molecular complexity index is 803. The minimum absolute atomic E-state index is 0.0429. The number of para-hydroxylation sites is 1. The van der Waals surface area contributed by atoms with Crippen molar-refractivity contribution in [1.82, 2.24) is 4.72 Å². The van der Waals surface area contributed by atoms with E-state index in [1.165, 1.54) is 11.3 Å². The van der Waals surface area contributed by atoms with Crippen molar-refractivity contribution < 1.29 is 8.42 Å². The van der Waals surface area contributed by atoms with E-state index < -0.39 is 10.0 Å².